The van der Waals surface area contributed by atoms with E-state index in [1.54, 1.807) is 18.2 Å². The molecule has 2 heterocycles. The number of hydrogen-bond acceptors (Lipinski definition) is 4. The number of carbonyl (C=O) groups excluding carboxylic acids is 1. The molecule has 128 valence electrons. The zero-order chi connectivity index (χ0) is 17.3. The number of fused-ring (bicyclic) bond motifs is 1. The molecule has 0 aliphatic carbocycles. The number of ether oxygens (including phenoxy) is 1. The van der Waals surface area contributed by atoms with Gasteiger partial charge in [0.15, 0.2) is 5.78 Å². The summed E-state index contributed by atoms with van der Waals surface area (Å²) in [7, 11) is 0. The highest BCUT2D eigenvalue weighted by atomic mass is 16.5. The number of rotatable bonds is 3. The summed E-state index contributed by atoms with van der Waals surface area (Å²) in [6.07, 6.45) is 4.86. The lowest BCUT2D eigenvalue weighted by Crippen LogP contribution is -2.56. The summed E-state index contributed by atoms with van der Waals surface area (Å²) in [6, 6.07) is 5.72. The van der Waals surface area contributed by atoms with Gasteiger partial charge >= 0.3 is 5.97 Å². The second-order valence-electron chi connectivity index (χ2n) is 6.98. The average molecular weight is 329 g/mol. The van der Waals surface area contributed by atoms with Crippen molar-refractivity contribution in [1.29, 1.82) is 0 Å². The molecule has 1 atom stereocenters. The van der Waals surface area contributed by atoms with Crippen LogP contribution in [0, 0.1) is 0 Å². The molecule has 5 nitrogen and oxygen atoms in total. The number of carboxylic acids is 1. The first-order valence-electron chi connectivity index (χ1n) is 8.40. The Labute approximate surface area is 141 Å². The van der Waals surface area contributed by atoms with Crippen molar-refractivity contribution in [2.45, 2.75) is 44.8 Å². The Kier molecular flexibility index (Phi) is 4.45. The molecule has 3 rings (SSSR count). The van der Waals surface area contributed by atoms with Gasteiger partial charge in [-0.3, -0.25) is 9.69 Å². The number of nitrogens with zero attached hydrogens (tertiary/aromatic N) is 1. The van der Waals surface area contributed by atoms with Crippen molar-refractivity contribution in [3.05, 3.63) is 35.4 Å². The van der Waals surface area contributed by atoms with Crippen molar-refractivity contribution < 1.29 is 19.4 Å². The van der Waals surface area contributed by atoms with Gasteiger partial charge in [-0.15, -0.1) is 0 Å². The van der Waals surface area contributed by atoms with E-state index in [0.29, 0.717) is 29.3 Å². The van der Waals surface area contributed by atoms with Crippen LogP contribution in [0.1, 0.15) is 49.0 Å². The Morgan fingerprint density at radius 1 is 1.42 bits per heavy atom. The van der Waals surface area contributed by atoms with Crippen LogP contribution in [0.2, 0.25) is 0 Å². The van der Waals surface area contributed by atoms with Crippen molar-refractivity contribution in [1.82, 2.24) is 4.90 Å². The van der Waals surface area contributed by atoms with Gasteiger partial charge < -0.3 is 9.84 Å². The van der Waals surface area contributed by atoms with Crippen LogP contribution in [0.5, 0.6) is 5.75 Å². The Hall–Kier alpha value is -2.14. The van der Waals surface area contributed by atoms with E-state index in [2.05, 4.69) is 18.7 Å². The predicted molar refractivity (Wildman–Crippen MR) is 91.4 cm³/mol. The maximum absolute atomic E-state index is 12.7. The molecule has 1 N–H and O–H groups in total. The zero-order valence-corrected chi connectivity index (χ0v) is 14.1. The highest BCUT2D eigenvalue weighted by Crippen LogP contribution is 2.39. The van der Waals surface area contributed by atoms with Crippen LogP contribution < -0.4 is 4.74 Å². The molecular weight excluding hydrogens is 306 g/mol. The third-order valence-electron chi connectivity index (χ3n) is 4.83. The third kappa shape index (κ3) is 3.36. The monoisotopic (exact) mass is 329 g/mol. The minimum absolute atomic E-state index is 0.0763. The van der Waals surface area contributed by atoms with E-state index in [4.69, 9.17) is 9.84 Å². The topological polar surface area (TPSA) is 66.8 Å². The highest BCUT2D eigenvalue weighted by Gasteiger charge is 2.44. The quantitative estimate of drug-likeness (QED) is 0.864. The van der Waals surface area contributed by atoms with Gasteiger partial charge in [-0.05, 0) is 57.0 Å². The van der Waals surface area contributed by atoms with Gasteiger partial charge in [-0.1, -0.05) is 6.07 Å². The molecule has 2 aliphatic heterocycles. The van der Waals surface area contributed by atoms with Crippen molar-refractivity contribution in [2.75, 3.05) is 13.1 Å². The molecule has 0 amide bonds. The molecule has 2 aliphatic rings. The summed E-state index contributed by atoms with van der Waals surface area (Å²) in [5.41, 5.74) is 0.816. The minimum atomic E-state index is -1.01. The molecule has 24 heavy (non-hydrogen) atoms. The standard InChI is InChI=1S/C19H23NO4/c1-13(2)20-9-3-8-19(12-20)11-16(21)15-10-14(5-7-18(22)23)4-6-17(15)24-19/h4-7,10,13H,3,8-9,11-12H2,1-2H3,(H,22,23). The number of likely N-dealkylation sites (tertiary alicyclic amines) is 1. The number of carbonyl (C=O) groups is 2. The number of hydrogen-bond donors (Lipinski definition) is 1. The van der Waals surface area contributed by atoms with Gasteiger partial charge in [0.25, 0.3) is 0 Å². The van der Waals surface area contributed by atoms with Gasteiger partial charge in [-0.25, -0.2) is 4.79 Å². The summed E-state index contributed by atoms with van der Waals surface area (Å²) in [5.74, 6) is -0.318. The van der Waals surface area contributed by atoms with E-state index in [-0.39, 0.29) is 5.78 Å². The van der Waals surface area contributed by atoms with Crippen LogP contribution in [0.4, 0.5) is 0 Å². The molecule has 0 radical (unpaired) electrons. The lowest BCUT2D eigenvalue weighted by atomic mass is 9.83. The van der Waals surface area contributed by atoms with Crippen molar-refractivity contribution in [3.8, 4) is 5.75 Å². The second-order valence-corrected chi connectivity index (χ2v) is 6.98. The lowest BCUT2D eigenvalue weighted by Gasteiger charge is -2.46. The van der Waals surface area contributed by atoms with E-state index in [0.717, 1.165) is 32.0 Å². The Morgan fingerprint density at radius 2 is 2.21 bits per heavy atom. The molecule has 1 saturated heterocycles. The maximum atomic E-state index is 12.7. The van der Waals surface area contributed by atoms with Crippen LogP contribution in [0.25, 0.3) is 6.08 Å². The Morgan fingerprint density at radius 3 is 2.92 bits per heavy atom. The fourth-order valence-corrected chi connectivity index (χ4v) is 3.58. The van der Waals surface area contributed by atoms with E-state index < -0.39 is 11.6 Å². The van der Waals surface area contributed by atoms with Crippen molar-refractivity contribution in [3.63, 3.8) is 0 Å². The number of carboxylic acid groups (broad SMARTS) is 1. The summed E-state index contributed by atoms with van der Waals surface area (Å²) < 4.78 is 6.29. The first-order chi connectivity index (χ1) is 11.4. The highest BCUT2D eigenvalue weighted by molar-refractivity contribution is 6.01. The number of piperidine rings is 1. The van der Waals surface area contributed by atoms with Crippen LogP contribution in [0.3, 0.4) is 0 Å². The van der Waals surface area contributed by atoms with Gasteiger partial charge in [0.2, 0.25) is 0 Å². The molecule has 1 aromatic rings. The number of aliphatic carboxylic acids is 1. The summed E-state index contributed by atoms with van der Waals surface area (Å²) in [4.78, 5) is 25.7. The average Bonchev–Trinajstić information content (AvgIpc) is 2.53. The zero-order valence-electron chi connectivity index (χ0n) is 14.1. The van der Waals surface area contributed by atoms with Crippen molar-refractivity contribution in [2.24, 2.45) is 0 Å². The SMILES string of the molecule is CC(C)N1CCCC2(CC(=O)c3cc(C=CC(=O)O)ccc3O2)C1. The molecular formula is C19H23NO4. The molecule has 0 aromatic heterocycles. The third-order valence-corrected chi connectivity index (χ3v) is 4.83. The molecule has 1 unspecified atom stereocenters. The largest absolute Gasteiger partial charge is 0.485 e. The van der Waals surface area contributed by atoms with Crippen LogP contribution in [-0.2, 0) is 4.79 Å². The maximum Gasteiger partial charge on any atom is 0.328 e. The van der Waals surface area contributed by atoms with Gasteiger partial charge in [0.1, 0.15) is 11.4 Å². The molecule has 0 saturated carbocycles. The Bertz CT molecular complexity index is 695. The summed E-state index contributed by atoms with van der Waals surface area (Å²) in [5, 5.41) is 8.72. The lowest BCUT2D eigenvalue weighted by molar-refractivity contribution is -0.131. The molecule has 1 fully saturated rings. The summed E-state index contributed by atoms with van der Waals surface area (Å²) >= 11 is 0. The fourth-order valence-electron chi connectivity index (χ4n) is 3.58. The van der Waals surface area contributed by atoms with E-state index >= 15 is 0 Å². The van der Waals surface area contributed by atoms with Gasteiger partial charge in [0.05, 0.1) is 12.0 Å². The van der Waals surface area contributed by atoms with E-state index in [1.807, 2.05) is 0 Å². The molecule has 5 heteroatoms. The molecule has 1 spiro atoms. The van der Waals surface area contributed by atoms with Gasteiger partial charge in [-0.2, -0.15) is 0 Å². The molecule has 0 bridgehead atoms. The Balaban J connectivity index is 1.86. The number of ketones is 1. The minimum Gasteiger partial charge on any atom is -0.485 e. The smallest absolute Gasteiger partial charge is 0.328 e. The van der Waals surface area contributed by atoms with Crippen molar-refractivity contribution >= 4 is 17.8 Å². The van der Waals surface area contributed by atoms with E-state index in [9.17, 15) is 9.59 Å². The summed E-state index contributed by atoms with van der Waals surface area (Å²) in [6.45, 7) is 6.15. The molecule has 1 aromatic carbocycles. The predicted octanol–water partition coefficient (Wildman–Crippen LogP) is 2.99. The number of Topliss-reactive ketones (excluding diaryl/α,β-unsaturated/α-hetero) is 1. The van der Waals surface area contributed by atoms with E-state index in [1.165, 1.54) is 6.08 Å². The first kappa shape index (κ1) is 16.7. The fraction of sp³-hybridized carbons (Fsp3) is 0.474. The van der Waals surface area contributed by atoms with Crippen LogP contribution >= 0.6 is 0 Å². The second kappa shape index (κ2) is 6.40. The normalized spacial score (nSPS) is 24.4. The van der Waals surface area contributed by atoms with Crippen LogP contribution in [-0.4, -0.2) is 46.5 Å². The number of benzene rings is 1. The van der Waals surface area contributed by atoms with Gasteiger partial charge in [0, 0.05) is 18.7 Å². The van der Waals surface area contributed by atoms with Crippen LogP contribution in [0.15, 0.2) is 24.3 Å². The first-order valence-corrected chi connectivity index (χ1v) is 8.40.